The molecule has 1 aromatic heterocycles. The lowest BCUT2D eigenvalue weighted by Crippen LogP contribution is -2.10. The molecule has 0 amide bonds. The van der Waals surface area contributed by atoms with Gasteiger partial charge in [-0.2, -0.15) is 4.98 Å². The Labute approximate surface area is 221 Å². The molecule has 0 aliphatic rings. The molecule has 3 nitrogen and oxygen atoms in total. The number of fused-ring (bicyclic) bond motifs is 2. The number of rotatable bonds is 5. The van der Waals surface area contributed by atoms with E-state index in [1.165, 1.54) is 27.5 Å². The van der Waals surface area contributed by atoms with Crippen LogP contribution in [0.2, 0.25) is 0 Å². The second-order valence-electron chi connectivity index (χ2n) is 9.32. The molecule has 6 aromatic carbocycles. The van der Waals surface area contributed by atoms with E-state index in [2.05, 4.69) is 120 Å². The van der Waals surface area contributed by atoms with Gasteiger partial charge in [0.25, 0.3) is 0 Å². The Kier molecular flexibility index (Phi) is 5.45. The van der Waals surface area contributed by atoms with Gasteiger partial charge in [0.2, 0.25) is 0 Å². The third-order valence-corrected chi connectivity index (χ3v) is 6.92. The van der Waals surface area contributed by atoms with E-state index in [-0.39, 0.29) is 0 Å². The Morgan fingerprint density at radius 1 is 0.447 bits per heavy atom. The van der Waals surface area contributed by atoms with E-state index in [0.717, 1.165) is 28.0 Å². The van der Waals surface area contributed by atoms with E-state index in [1.807, 2.05) is 30.3 Å². The quantitative estimate of drug-likeness (QED) is 0.241. The van der Waals surface area contributed by atoms with Crippen LogP contribution < -0.4 is 4.90 Å². The highest BCUT2D eigenvalue weighted by molar-refractivity contribution is 5.89. The SMILES string of the molecule is c1ccc(-c2ccc(-c3ccc(N(c4ccc5ccccc5c4)c4nc5ccccc5o4)cc3)cc2)cc1. The van der Waals surface area contributed by atoms with Crippen LogP contribution in [-0.2, 0) is 0 Å². The van der Waals surface area contributed by atoms with Gasteiger partial charge in [-0.05, 0) is 69.4 Å². The van der Waals surface area contributed by atoms with Gasteiger partial charge in [0, 0.05) is 0 Å². The summed E-state index contributed by atoms with van der Waals surface area (Å²) in [4.78, 5) is 6.90. The third kappa shape index (κ3) is 4.10. The monoisotopic (exact) mass is 488 g/mol. The van der Waals surface area contributed by atoms with Crippen molar-refractivity contribution in [3.8, 4) is 22.3 Å². The highest BCUT2D eigenvalue weighted by Gasteiger charge is 2.19. The first-order valence-electron chi connectivity index (χ1n) is 12.7. The van der Waals surface area contributed by atoms with Gasteiger partial charge < -0.3 is 4.42 Å². The molecule has 180 valence electrons. The van der Waals surface area contributed by atoms with Crippen LogP contribution in [0.3, 0.4) is 0 Å². The Morgan fingerprint density at radius 3 is 1.71 bits per heavy atom. The summed E-state index contributed by atoms with van der Waals surface area (Å²) in [5, 5.41) is 2.37. The molecule has 0 spiro atoms. The lowest BCUT2D eigenvalue weighted by molar-refractivity contribution is 0.608. The summed E-state index contributed by atoms with van der Waals surface area (Å²) in [6.07, 6.45) is 0. The lowest BCUT2D eigenvalue weighted by Gasteiger charge is -2.22. The van der Waals surface area contributed by atoms with Crippen LogP contribution in [0.5, 0.6) is 0 Å². The summed E-state index contributed by atoms with van der Waals surface area (Å²) in [6, 6.07) is 51.0. The van der Waals surface area contributed by atoms with Gasteiger partial charge in [0.1, 0.15) is 5.52 Å². The average Bonchev–Trinajstić information content (AvgIpc) is 3.42. The second kappa shape index (κ2) is 9.38. The van der Waals surface area contributed by atoms with E-state index in [9.17, 15) is 0 Å². The van der Waals surface area contributed by atoms with Gasteiger partial charge in [-0.15, -0.1) is 0 Å². The zero-order valence-electron chi connectivity index (χ0n) is 20.7. The Hall–Kier alpha value is -5.15. The predicted molar refractivity (Wildman–Crippen MR) is 157 cm³/mol. The topological polar surface area (TPSA) is 29.3 Å². The largest absolute Gasteiger partial charge is 0.423 e. The molecule has 0 saturated heterocycles. The van der Waals surface area contributed by atoms with Crippen molar-refractivity contribution >= 4 is 39.3 Å². The molecular formula is C35H24N2O. The number of benzene rings is 6. The van der Waals surface area contributed by atoms with E-state index < -0.39 is 0 Å². The van der Waals surface area contributed by atoms with Crippen LogP contribution in [0.1, 0.15) is 0 Å². The summed E-state index contributed by atoms with van der Waals surface area (Å²) in [7, 11) is 0. The van der Waals surface area contributed by atoms with E-state index in [4.69, 9.17) is 9.40 Å². The van der Waals surface area contributed by atoms with Crippen molar-refractivity contribution < 1.29 is 4.42 Å². The van der Waals surface area contributed by atoms with Gasteiger partial charge in [0.15, 0.2) is 5.58 Å². The Morgan fingerprint density at radius 2 is 1.00 bits per heavy atom. The number of nitrogens with zero attached hydrogens (tertiary/aromatic N) is 2. The van der Waals surface area contributed by atoms with Crippen molar-refractivity contribution in [1.29, 1.82) is 0 Å². The van der Waals surface area contributed by atoms with Crippen LogP contribution in [0.25, 0.3) is 44.1 Å². The first-order valence-corrected chi connectivity index (χ1v) is 12.7. The molecule has 0 bridgehead atoms. The second-order valence-corrected chi connectivity index (χ2v) is 9.32. The van der Waals surface area contributed by atoms with E-state index in [0.29, 0.717) is 6.01 Å². The van der Waals surface area contributed by atoms with Gasteiger partial charge in [-0.25, -0.2) is 0 Å². The third-order valence-electron chi connectivity index (χ3n) is 6.92. The molecule has 38 heavy (non-hydrogen) atoms. The normalized spacial score (nSPS) is 11.2. The van der Waals surface area contributed by atoms with Crippen molar-refractivity contribution in [2.45, 2.75) is 0 Å². The highest BCUT2D eigenvalue weighted by Crippen LogP contribution is 2.38. The van der Waals surface area contributed by atoms with E-state index >= 15 is 0 Å². The summed E-state index contributed by atoms with van der Waals surface area (Å²) >= 11 is 0. The zero-order chi connectivity index (χ0) is 25.3. The standard InChI is InChI=1S/C35H24N2O/c1-2-8-25(9-3-1)27-14-16-28(17-15-27)29-18-21-31(22-19-29)37(35-36-33-12-6-7-13-34(33)38-35)32-23-20-26-10-4-5-11-30(26)24-32/h1-24H. The molecule has 0 unspecified atom stereocenters. The fraction of sp³-hybridized carbons (Fsp3) is 0. The summed E-state index contributed by atoms with van der Waals surface area (Å²) in [6.45, 7) is 0. The number of oxazole rings is 1. The lowest BCUT2D eigenvalue weighted by atomic mass is 10.00. The number of anilines is 3. The molecule has 0 fully saturated rings. The van der Waals surface area contributed by atoms with Gasteiger partial charge in [0.05, 0.1) is 11.4 Å². The summed E-state index contributed by atoms with van der Waals surface area (Å²) in [5.74, 6) is 0. The van der Waals surface area contributed by atoms with E-state index in [1.54, 1.807) is 0 Å². The average molecular weight is 489 g/mol. The molecule has 0 saturated carbocycles. The van der Waals surface area contributed by atoms with Crippen molar-refractivity contribution in [3.05, 3.63) is 146 Å². The molecule has 0 atom stereocenters. The molecule has 0 N–H and O–H groups in total. The minimum atomic E-state index is 0.543. The number of aromatic nitrogens is 1. The maximum atomic E-state index is 6.24. The molecular weight excluding hydrogens is 464 g/mol. The highest BCUT2D eigenvalue weighted by atomic mass is 16.4. The molecule has 0 aliphatic carbocycles. The summed E-state index contributed by atoms with van der Waals surface area (Å²) in [5.41, 5.74) is 8.35. The number of para-hydroxylation sites is 2. The van der Waals surface area contributed by atoms with Crippen LogP contribution in [-0.4, -0.2) is 4.98 Å². The predicted octanol–water partition coefficient (Wildman–Crippen LogP) is 9.78. The van der Waals surface area contributed by atoms with Gasteiger partial charge in [-0.1, -0.05) is 109 Å². The van der Waals surface area contributed by atoms with Crippen molar-refractivity contribution in [2.75, 3.05) is 4.90 Å². The van der Waals surface area contributed by atoms with Gasteiger partial charge >= 0.3 is 6.01 Å². The van der Waals surface area contributed by atoms with Crippen LogP contribution in [0.4, 0.5) is 17.4 Å². The first-order chi connectivity index (χ1) is 18.8. The minimum absolute atomic E-state index is 0.543. The van der Waals surface area contributed by atoms with Crippen molar-refractivity contribution in [2.24, 2.45) is 0 Å². The molecule has 7 aromatic rings. The Balaban J connectivity index is 1.28. The number of hydrogen-bond donors (Lipinski definition) is 0. The van der Waals surface area contributed by atoms with Gasteiger partial charge in [-0.3, -0.25) is 4.90 Å². The zero-order valence-corrected chi connectivity index (χ0v) is 20.7. The molecule has 1 heterocycles. The maximum absolute atomic E-state index is 6.24. The van der Waals surface area contributed by atoms with Crippen LogP contribution in [0, 0.1) is 0 Å². The fourth-order valence-corrected chi connectivity index (χ4v) is 4.93. The molecule has 0 aliphatic heterocycles. The molecule has 0 radical (unpaired) electrons. The van der Waals surface area contributed by atoms with Crippen LogP contribution >= 0.6 is 0 Å². The summed E-state index contributed by atoms with van der Waals surface area (Å²) < 4.78 is 6.24. The van der Waals surface area contributed by atoms with Crippen molar-refractivity contribution in [3.63, 3.8) is 0 Å². The maximum Gasteiger partial charge on any atom is 0.307 e. The number of hydrogen-bond acceptors (Lipinski definition) is 3. The first kappa shape index (κ1) is 22.1. The Bertz CT molecular complexity index is 1820. The van der Waals surface area contributed by atoms with Crippen LogP contribution in [0.15, 0.2) is 150 Å². The fourth-order valence-electron chi connectivity index (χ4n) is 4.93. The smallest absolute Gasteiger partial charge is 0.307 e. The minimum Gasteiger partial charge on any atom is -0.423 e. The van der Waals surface area contributed by atoms with Crippen molar-refractivity contribution in [1.82, 2.24) is 4.98 Å². The molecule has 7 rings (SSSR count). The molecule has 3 heteroatoms.